The van der Waals surface area contributed by atoms with Crippen molar-refractivity contribution in [3.8, 4) is 11.5 Å². The number of carbonyl (C=O) groups excluding carboxylic acids is 3. The molecule has 1 aliphatic heterocycles. The Hall–Kier alpha value is -2.65. The van der Waals surface area contributed by atoms with Crippen molar-refractivity contribution < 1.29 is 23.9 Å². The minimum Gasteiger partial charge on any atom is -0.493 e. The van der Waals surface area contributed by atoms with Crippen LogP contribution in [-0.4, -0.2) is 35.9 Å². The molecule has 7 nitrogen and oxygen atoms in total. The van der Waals surface area contributed by atoms with Crippen molar-refractivity contribution in [1.82, 2.24) is 10.2 Å². The average molecular weight is 592 g/mol. The first-order valence-corrected chi connectivity index (χ1v) is 12.6. The SMILES string of the molecule is COc1cc(C=C2C(=O)NC(=O)N(C3CCCCC3)C2=O)c(Br)cc1OCc1ccc(Br)cc1. The van der Waals surface area contributed by atoms with E-state index in [2.05, 4.69) is 37.2 Å². The summed E-state index contributed by atoms with van der Waals surface area (Å²) in [7, 11) is 1.52. The largest absolute Gasteiger partial charge is 0.493 e. The van der Waals surface area contributed by atoms with Gasteiger partial charge in [0.15, 0.2) is 11.5 Å². The lowest BCUT2D eigenvalue weighted by Gasteiger charge is -2.35. The lowest BCUT2D eigenvalue weighted by atomic mass is 9.93. The lowest BCUT2D eigenvalue weighted by Crippen LogP contribution is -2.58. The highest BCUT2D eigenvalue weighted by Crippen LogP contribution is 2.36. The maximum Gasteiger partial charge on any atom is 0.331 e. The number of benzene rings is 2. The fraction of sp³-hybridized carbons (Fsp3) is 0.320. The molecule has 0 spiro atoms. The van der Waals surface area contributed by atoms with Crippen LogP contribution in [0.2, 0.25) is 0 Å². The van der Waals surface area contributed by atoms with E-state index in [1.54, 1.807) is 12.1 Å². The van der Waals surface area contributed by atoms with E-state index in [0.717, 1.165) is 42.1 Å². The maximum absolute atomic E-state index is 13.2. The van der Waals surface area contributed by atoms with E-state index in [1.807, 2.05) is 24.3 Å². The molecule has 2 aromatic carbocycles. The van der Waals surface area contributed by atoms with Gasteiger partial charge in [-0.15, -0.1) is 0 Å². The molecule has 9 heteroatoms. The van der Waals surface area contributed by atoms with Gasteiger partial charge in [-0.2, -0.15) is 0 Å². The third-order valence-electron chi connectivity index (χ3n) is 5.96. The van der Waals surface area contributed by atoms with Gasteiger partial charge >= 0.3 is 6.03 Å². The monoisotopic (exact) mass is 590 g/mol. The first-order chi connectivity index (χ1) is 16.4. The molecule has 0 bridgehead atoms. The molecule has 4 rings (SSSR count). The number of urea groups is 1. The first kappa shape index (κ1) is 24.5. The quantitative estimate of drug-likeness (QED) is 0.349. The number of nitrogens with one attached hydrogen (secondary N) is 1. The molecular weight excluding hydrogens is 568 g/mol. The van der Waals surface area contributed by atoms with Gasteiger partial charge in [-0.25, -0.2) is 4.79 Å². The summed E-state index contributed by atoms with van der Waals surface area (Å²) in [4.78, 5) is 39.3. The van der Waals surface area contributed by atoms with E-state index in [-0.39, 0.29) is 11.6 Å². The van der Waals surface area contributed by atoms with Gasteiger partial charge in [0.1, 0.15) is 12.2 Å². The number of hydrogen-bond acceptors (Lipinski definition) is 5. The van der Waals surface area contributed by atoms with E-state index in [9.17, 15) is 14.4 Å². The molecule has 0 radical (unpaired) electrons. The molecule has 0 unspecified atom stereocenters. The normalized spacial score (nSPS) is 18.3. The average Bonchev–Trinajstić information content (AvgIpc) is 2.83. The Bertz CT molecular complexity index is 1140. The van der Waals surface area contributed by atoms with Crippen molar-refractivity contribution in [3.05, 3.63) is 62.0 Å². The molecule has 1 aliphatic carbocycles. The van der Waals surface area contributed by atoms with Crippen LogP contribution in [0.5, 0.6) is 11.5 Å². The molecule has 0 aromatic heterocycles. The summed E-state index contributed by atoms with van der Waals surface area (Å²) in [6.45, 7) is 0.343. The van der Waals surface area contributed by atoms with Crippen molar-refractivity contribution in [2.75, 3.05) is 7.11 Å². The number of methoxy groups -OCH3 is 1. The first-order valence-electron chi connectivity index (χ1n) is 11.0. The number of carbonyl (C=O) groups is 3. The van der Waals surface area contributed by atoms with E-state index in [1.165, 1.54) is 18.1 Å². The van der Waals surface area contributed by atoms with Crippen molar-refractivity contribution in [2.45, 2.75) is 44.8 Å². The minimum atomic E-state index is -0.705. The Morgan fingerprint density at radius 1 is 1.03 bits per heavy atom. The van der Waals surface area contributed by atoms with Crippen LogP contribution < -0.4 is 14.8 Å². The summed E-state index contributed by atoms with van der Waals surface area (Å²) in [5.74, 6) is -0.306. The molecule has 1 saturated heterocycles. The van der Waals surface area contributed by atoms with Gasteiger partial charge in [0.05, 0.1) is 7.11 Å². The number of ether oxygens (including phenoxy) is 2. The molecule has 2 aromatic rings. The molecular formula is C25H24Br2N2O5. The Morgan fingerprint density at radius 3 is 2.41 bits per heavy atom. The number of halogens is 2. The summed E-state index contributed by atoms with van der Waals surface area (Å²) < 4.78 is 13.0. The van der Waals surface area contributed by atoms with Crippen molar-refractivity contribution in [3.63, 3.8) is 0 Å². The van der Waals surface area contributed by atoms with Gasteiger partial charge in [0.2, 0.25) is 0 Å². The zero-order chi connectivity index (χ0) is 24.2. The number of hydrogen-bond donors (Lipinski definition) is 1. The predicted molar refractivity (Wildman–Crippen MR) is 134 cm³/mol. The predicted octanol–water partition coefficient (Wildman–Crippen LogP) is 5.59. The number of rotatable bonds is 6. The number of imide groups is 2. The number of amides is 4. The van der Waals surface area contributed by atoms with Crippen molar-refractivity contribution in [1.29, 1.82) is 0 Å². The second-order valence-electron chi connectivity index (χ2n) is 8.22. The van der Waals surface area contributed by atoms with Crippen LogP contribution in [0.1, 0.15) is 43.2 Å². The Kier molecular flexibility index (Phi) is 7.73. The second-order valence-corrected chi connectivity index (χ2v) is 9.99. The van der Waals surface area contributed by atoms with Crippen LogP contribution in [0, 0.1) is 0 Å². The molecule has 4 amide bonds. The maximum atomic E-state index is 13.2. The summed E-state index contributed by atoms with van der Waals surface area (Å²) in [6, 6.07) is 10.4. The van der Waals surface area contributed by atoms with Crippen LogP contribution in [0.25, 0.3) is 6.08 Å². The lowest BCUT2D eigenvalue weighted by molar-refractivity contribution is -0.132. The van der Waals surface area contributed by atoms with Crippen LogP contribution in [0.3, 0.4) is 0 Å². The van der Waals surface area contributed by atoms with Crippen LogP contribution in [0.15, 0.2) is 50.9 Å². The number of barbiturate groups is 1. The van der Waals surface area contributed by atoms with E-state index < -0.39 is 17.8 Å². The smallest absolute Gasteiger partial charge is 0.331 e. The van der Waals surface area contributed by atoms with Gasteiger partial charge < -0.3 is 9.47 Å². The van der Waals surface area contributed by atoms with Crippen LogP contribution in [-0.2, 0) is 16.2 Å². The molecule has 178 valence electrons. The minimum absolute atomic E-state index is 0.0866. The molecule has 1 saturated carbocycles. The van der Waals surface area contributed by atoms with Gasteiger partial charge in [-0.1, -0.05) is 63.3 Å². The summed E-state index contributed by atoms with van der Waals surface area (Å²) >= 11 is 6.92. The van der Waals surface area contributed by atoms with Gasteiger partial charge in [0, 0.05) is 15.0 Å². The molecule has 0 atom stereocenters. The zero-order valence-corrected chi connectivity index (χ0v) is 21.8. The molecule has 1 heterocycles. The molecule has 34 heavy (non-hydrogen) atoms. The molecule has 2 aliphatic rings. The topological polar surface area (TPSA) is 84.9 Å². The third kappa shape index (κ3) is 5.36. The van der Waals surface area contributed by atoms with Crippen LogP contribution >= 0.6 is 31.9 Å². The highest BCUT2D eigenvalue weighted by molar-refractivity contribution is 9.10. The van der Waals surface area contributed by atoms with E-state index >= 15 is 0 Å². The summed E-state index contributed by atoms with van der Waals surface area (Å²) in [5.41, 5.74) is 1.46. The highest BCUT2D eigenvalue weighted by Gasteiger charge is 2.40. The van der Waals surface area contributed by atoms with E-state index in [0.29, 0.717) is 28.1 Å². The van der Waals surface area contributed by atoms with Gasteiger partial charge in [-0.05, 0) is 54.3 Å². The fourth-order valence-corrected chi connectivity index (χ4v) is 4.87. The Labute approximate surface area is 214 Å². The van der Waals surface area contributed by atoms with Crippen molar-refractivity contribution in [2.24, 2.45) is 0 Å². The van der Waals surface area contributed by atoms with Gasteiger partial charge in [-0.3, -0.25) is 19.8 Å². The summed E-state index contributed by atoms with van der Waals surface area (Å²) in [6.07, 6.45) is 5.99. The Morgan fingerprint density at radius 2 is 1.74 bits per heavy atom. The zero-order valence-electron chi connectivity index (χ0n) is 18.6. The third-order valence-corrected chi connectivity index (χ3v) is 7.18. The van der Waals surface area contributed by atoms with E-state index in [4.69, 9.17) is 9.47 Å². The molecule has 1 N–H and O–H groups in total. The summed E-state index contributed by atoms with van der Waals surface area (Å²) in [5, 5.41) is 2.31. The van der Waals surface area contributed by atoms with Gasteiger partial charge in [0.25, 0.3) is 11.8 Å². The molecule has 2 fully saturated rings. The second kappa shape index (κ2) is 10.7. The highest BCUT2D eigenvalue weighted by atomic mass is 79.9. The fourth-order valence-electron chi connectivity index (χ4n) is 4.17. The standard InChI is InChI=1S/C25H24Br2N2O5/c1-33-21-12-16(20(27)13-22(21)34-14-15-7-9-17(26)10-8-15)11-19-23(30)28-25(32)29(24(19)31)18-5-3-2-4-6-18/h7-13,18H,2-6,14H2,1H3,(H,28,30,32). The Balaban J connectivity index is 1.59. The van der Waals surface area contributed by atoms with Crippen LogP contribution in [0.4, 0.5) is 4.79 Å². The van der Waals surface area contributed by atoms with Crippen molar-refractivity contribution >= 4 is 55.8 Å². The number of nitrogens with zero attached hydrogens (tertiary/aromatic N) is 1.